The van der Waals surface area contributed by atoms with Crippen molar-refractivity contribution in [2.45, 2.75) is 33.1 Å². The van der Waals surface area contributed by atoms with Gasteiger partial charge in [0.2, 0.25) is 6.61 Å². The molecule has 1 aliphatic rings. The molecule has 0 saturated heterocycles. The molecule has 14 heavy (non-hydrogen) atoms. The molecule has 0 aromatic heterocycles. The number of nitrogens with zero attached hydrogens (tertiary/aromatic N) is 1. The van der Waals surface area contributed by atoms with Crippen LogP contribution in [-0.2, 0) is 9.63 Å². The van der Waals surface area contributed by atoms with Gasteiger partial charge in [0.15, 0.2) is 0 Å². The fourth-order valence-corrected chi connectivity index (χ4v) is 1.66. The number of oxime groups is 1. The normalized spacial score (nSPS) is 30.3. The quantitative estimate of drug-likeness (QED) is 0.706. The van der Waals surface area contributed by atoms with E-state index in [1.807, 2.05) is 0 Å². The molecule has 0 aromatic rings. The molecule has 1 fully saturated rings. The molecule has 0 bridgehead atoms. The summed E-state index contributed by atoms with van der Waals surface area (Å²) in [6.07, 6.45) is 3.27. The third-order valence-corrected chi connectivity index (χ3v) is 2.59. The fourth-order valence-electron chi connectivity index (χ4n) is 1.66. The lowest BCUT2D eigenvalue weighted by Crippen LogP contribution is -2.22. The van der Waals surface area contributed by atoms with Gasteiger partial charge in [-0.05, 0) is 31.1 Å². The lowest BCUT2D eigenvalue weighted by atomic mass is 9.82. The summed E-state index contributed by atoms with van der Waals surface area (Å²) in [5, 5.41) is 12.3. The second-order valence-electron chi connectivity index (χ2n) is 4.04. The maximum atomic E-state index is 10.2. The van der Waals surface area contributed by atoms with Crippen molar-refractivity contribution in [3.8, 4) is 0 Å². The van der Waals surface area contributed by atoms with Crippen molar-refractivity contribution in [1.29, 1.82) is 0 Å². The highest BCUT2D eigenvalue weighted by atomic mass is 16.6. The standard InChI is InChI=1S/C10H17NO3/c1-7-3-4-8(2)9(5-7)11-14-6-10(12)13/h7-8H,3-6H2,1-2H3,(H,12,13). The van der Waals surface area contributed by atoms with E-state index >= 15 is 0 Å². The highest BCUT2D eigenvalue weighted by molar-refractivity contribution is 5.86. The Balaban J connectivity index is 2.43. The molecule has 0 spiro atoms. The summed E-state index contributed by atoms with van der Waals surface area (Å²) < 4.78 is 0. The fraction of sp³-hybridized carbons (Fsp3) is 0.800. The molecule has 1 saturated carbocycles. The van der Waals surface area contributed by atoms with Crippen LogP contribution < -0.4 is 0 Å². The van der Waals surface area contributed by atoms with Crippen LogP contribution in [0.3, 0.4) is 0 Å². The third kappa shape index (κ3) is 3.36. The van der Waals surface area contributed by atoms with Crippen LogP contribution in [0, 0.1) is 11.8 Å². The average Bonchev–Trinajstić information content (AvgIpc) is 2.10. The van der Waals surface area contributed by atoms with Gasteiger partial charge in [-0.1, -0.05) is 19.0 Å². The molecular formula is C10H17NO3. The number of hydrogen-bond acceptors (Lipinski definition) is 3. The molecule has 80 valence electrons. The van der Waals surface area contributed by atoms with Crippen molar-refractivity contribution in [2.75, 3.05) is 6.61 Å². The monoisotopic (exact) mass is 199 g/mol. The molecule has 2 unspecified atom stereocenters. The third-order valence-electron chi connectivity index (χ3n) is 2.59. The highest BCUT2D eigenvalue weighted by Crippen LogP contribution is 2.26. The van der Waals surface area contributed by atoms with E-state index in [1.165, 1.54) is 6.42 Å². The van der Waals surface area contributed by atoms with Crippen molar-refractivity contribution in [3.05, 3.63) is 0 Å². The summed E-state index contributed by atoms with van der Waals surface area (Å²) in [4.78, 5) is 14.9. The van der Waals surface area contributed by atoms with Crippen LogP contribution >= 0.6 is 0 Å². The highest BCUT2D eigenvalue weighted by Gasteiger charge is 2.21. The predicted octanol–water partition coefficient (Wildman–Crippen LogP) is 1.90. The molecular weight excluding hydrogens is 182 g/mol. The second kappa shape index (κ2) is 4.98. The summed E-state index contributed by atoms with van der Waals surface area (Å²) in [5.74, 6) is 0.0873. The van der Waals surface area contributed by atoms with Crippen LogP contribution in [0.2, 0.25) is 0 Å². The zero-order valence-corrected chi connectivity index (χ0v) is 8.69. The number of carbonyl (C=O) groups is 1. The van der Waals surface area contributed by atoms with Crippen LogP contribution in [-0.4, -0.2) is 23.4 Å². The first kappa shape index (κ1) is 11.0. The van der Waals surface area contributed by atoms with Gasteiger partial charge in [-0.2, -0.15) is 0 Å². The van der Waals surface area contributed by atoms with E-state index in [0.717, 1.165) is 18.6 Å². The Kier molecular flexibility index (Phi) is 3.92. The molecule has 1 N–H and O–H groups in total. The molecule has 0 aliphatic heterocycles. The summed E-state index contributed by atoms with van der Waals surface area (Å²) in [6, 6.07) is 0. The van der Waals surface area contributed by atoms with Gasteiger partial charge in [0.25, 0.3) is 0 Å². The zero-order chi connectivity index (χ0) is 10.6. The van der Waals surface area contributed by atoms with Crippen LogP contribution in [0.15, 0.2) is 5.16 Å². The maximum absolute atomic E-state index is 10.2. The summed E-state index contributed by atoms with van der Waals surface area (Å²) in [6.45, 7) is 3.94. The van der Waals surface area contributed by atoms with E-state index in [9.17, 15) is 4.79 Å². The van der Waals surface area contributed by atoms with Gasteiger partial charge >= 0.3 is 5.97 Å². The van der Waals surface area contributed by atoms with Gasteiger partial charge < -0.3 is 9.94 Å². The van der Waals surface area contributed by atoms with Gasteiger partial charge in [0.1, 0.15) is 0 Å². The molecule has 0 aromatic carbocycles. The van der Waals surface area contributed by atoms with Crippen molar-refractivity contribution >= 4 is 11.7 Å². The molecule has 2 atom stereocenters. The van der Waals surface area contributed by atoms with Gasteiger partial charge in [0.05, 0.1) is 5.71 Å². The molecule has 1 aliphatic carbocycles. The van der Waals surface area contributed by atoms with Crippen LogP contribution in [0.5, 0.6) is 0 Å². The lowest BCUT2D eigenvalue weighted by Gasteiger charge is -2.24. The molecule has 0 amide bonds. The van der Waals surface area contributed by atoms with Crippen LogP contribution in [0.4, 0.5) is 0 Å². The topological polar surface area (TPSA) is 58.9 Å². The van der Waals surface area contributed by atoms with E-state index in [0.29, 0.717) is 11.8 Å². The van der Waals surface area contributed by atoms with E-state index in [4.69, 9.17) is 9.94 Å². The molecule has 1 rings (SSSR count). The lowest BCUT2D eigenvalue weighted by molar-refractivity contribution is -0.142. The average molecular weight is 199 g/mol. The van der Waals surface area contributed by atoms with Gasteiger partial charge in [-0.3, -0.25) is 0 Å². The van der Waals surface area contributed by atoms with Crippen molar-refractivity contribution in [2.24, 2.45) is 17.0 Å². The summed E-state index contributed by atoms with van der Waals surface area (Å²) in [5.41, 5.74) is 1.00. The van der Waals surface area contributed by atoms with Gasteiger partial charge in [0, 0.05) is 0 Å². The maximum Gasteiger partial charge on any atom is 0.344 e. The first-order valence-electron chi connectivity index (χ1n) is 5.00. The Bertz CT molecular complexity index is 238. The van der Waals surface area contributed by atoms with Crippen molar-refractivity contribution in [1.82, 2.24) is 0 Å². The molecule has 0 radical (unpaired) electrons. The van der Waals surface area contributed by atoms with Crippen LogP contribution in [0.25, 0.3) is 0 Å². The molecule has 4 nitrogen and oxygen atoms in total. The van der Waals surface area contributed by atoms with Gasteiger partial charge in [-0.25, -0.2) is 4.79 Å². The van der Waals surface area contributed by atoms with E-state index in [1.54, 1.807) is 0 Å². The van der Waals surface area contributed by atoms with Crippen LogP contribution in [0.1, 0.15) is 33.1 Å². The first-order valence-corrected chi connectivity index (χ1v) is 5.00. The molecule has 4 heteroatoms. The summed E-state index contributed by atoms with van der Waals surface area (Å²) in [7, 11) is 0. The largest absolute Gasteiger partial charge is 0.479 e. The Morgan fingerprint density at radius 2 is 2.29 bits per heavy atom. The minimum atomic E-state index is -0.981. The SMILES string of the molecule is CC1CCC(C)C(=NOCC(=O)O)C1. The number of hydrogen-bond donors (Lipinski definition) is 1. The van der Waals surface area contributed by atoms with E-state index < -0.39 is 5.97 Å². The summed E-state index contributed by atoms with van der Waals surface area (Å²) >= 11 is 0. The predicted molar refractivity (Wildman–Crippen MR) is 53.2 cm³/mol. The zero-order valence-electron chi connectivity index (χ0n) is 8.69. The van der Waals surface area contributed by atoms with E-state index in [-0.39, 0.29) is 6.61 Å². The Morgan fingerprint density at radius 3 is 2.93 bits per heavy atom. The number of aliphatic carboxylic acids is 1. The number of carboxylic acid groups (broad SMARTS) is 1. The Hall–Kier alpha value is -1.06. The van der Waals surface area contributed by atoms with E-state index in [2.05, 4.69) is 19.0 Å². The first-order chi connectivity index (χ1) is 6.59. The number of rotatable bonds is 3. The minimum absolute atomic E-state index is 0.343. The minimum Gasteiger partial charge on any atom is -0.479 e. The smallest absolute Gasteiger partial charge is 0.344 e. The molecule has 0 heterocycles. The number of carboxylic acids is 1. The second-order valence-corrected chi connectivity index (χ2v) is 4.04. The Morgan fingerprint density at radius 1 is 1.57 bits per heavy atom. The van der Waals surface area contributed by atoms with Crippen molar-refractivity contribution < 1.29 is 14.7 Å². The van der Waals surface area contributed by atoms with Gasteiger partial charge in [-0.15, -0.1) is 0 Å². The Labute approximate surface area is 83.9 Å². The van der Waals surface area contributed by atoms with Crippen molar-refractivity contribution in [3.63, 3.8) is 0 Å².